The van der Waals surface area contributed by atoms with Crippen LogP contribution in [0.4, 0.5) is 0 Å². The standard InChI is InChI=1S/C11H13Cl2N3/c1-8(5-14)6-16(2)7-9-3-4-10(12)15-11(9)13/h3-4,8H,6-7H2,1-2H3. The quantitative estimate of drug-likeness (QED) is 0.779. The van der Waals surface area contributed by atoms with Crippen molar-refractivity contribution in [3.63, 3.8) is 0 Å². The molecule has 3 nitrogen and oxygen atoms in total. The molecular formula is C11H13Cl2N3. The van der Waals surface area contributed by atoms with Gasteiger partial charge in [-0.1, -0.05) is 29.3 Å². The van der Waals surface area contributed by atoms with Gasteiger partial charge in [-0.05, 0) is 20.0 Å². The Hall–Kier alpha value is -0.820. The minimum absolute atomic E-state index is 0.00374. The molecule has 0 radical (unpaired) electrons. The molecule has 1 unspecified atom stereocenters. The molecule has 1 rings (SSSR count). The summed E-state index contributed by atoms with van der Waals surface area (Å²) < 4.78 is 0. The Bertz CT molecular complexity index is 401. The van der Waals surface area contributed by atoms with Gasteiger partial charge in [0, 0.05) is 18.7 Å². The van der Waals surface area contributed by atoms with E-state index in [0.29, 0.717) is 23.4 Å². The first kappa shape index (κ1) is 13.2. The third-order valence-electron chi connectivity index (χ3n) is 2.14. The summed E-state index contributed by atoms with van der Waals surface area (Å²) in [7, 11) is 1.94. The van der Waals surface area contributed by atoms with Crippen molar-refractivity contribution in [1.29, 1.82) is 5.26 Å². The lowest BCUT2D eigenvalue weighted by atomic mass is 10.2. The predicted octanol–water partition coefficient (Wildman–Crippen LogP) is 2.98. The lowest BCUT2D eigenvalue weighted by Crippen LogP contribution is -2.23. The van der Waals surface area contributed by atoms with Crippen LogP contribution in [0, 0.1) is 17.2 Å². The molecule has 1 aromatic rings. The molecule has 0 N–H and O–H groups in total. The number of hydrogen-bond acceptors (Lipinski definition) is 3. The topological polar surface area (TPSA) is 39.9 Å². The molecule has 0 aromatic carbocycles. The summed E-state index contributed by atoms with van der Waals surface area (Å²) in [6, 6.07) is 5.76. The average molecular weight is 258 g/mol. The summed E-state index contributed by atoms with van der Waals surface area (Å²) in [5.74, 6) is 0.00374. The number of pyridine rings is 1. The minimum atomic E-state index is 0.00374. The van der Waals surface area contributed by atoms with Crippen LogP contribution in [0.5, 0.6) is 0 Å². The molecule has 86 valence electrons. The molecule has 0 saturated carbocycles. The maximum absolute atomic E-state index is 8.71. The van der Waals surface area contributed by atoms with Gasteiger partial charge in [0.1, 0.15) is 10.3 Å². The largest absolute Gasteiger partial charge is 0.301 e. The maximum atomic E-state index is 8.71. The molecule has 0 aliphatic carbocycles. The van der Waals surface area contributed by atoms with Gasteiger partial charge in [-0.2, -0.15) is 5.26 Å². The van der Waals surface area contributed by atoms with Crippen LogP contribution < -0.4 is 0 Å². The molecule has 0 aliphatic heterocycles. The van der Waals surface area contributed by atoms with Crippen molar-refractivity contribution in [1.82, 2.24) is 9.88 Å². The molecule has 1 atom stereocenters. The number of aromatic nitrogens is 1. The van der Waals surface area contributed by atoms with Crippen LogP contribution in [-0.4, -0.2) is 23.5 Å². The molecule has 0 bridgehead atoms. The summed E-state index contributed by atoms with van der Waals surface area (Å²) in [4.78, 5) is 6.00. The highest BCUT2D eigenvalue weighted by molar-refractivity contribution is 6.32. The Morgan fingerprint density at radius 2 is 2.19 bits per heavy atom. The summed E-state index contributed by atoms with van der Waals surface area (Å²) in [6.07, 6.45) is 0. The van der Waals surface area contributed by atoms with Gasteiger partial charge in [0.15, 0.2) is 0 Å². The van der Waals surface area contributed by atoms with Crippen molar-refractivity contribution < 1.29 is 0 Å². The van der Waals surface area contributed by atoms with E-state index < -0.39 is 0 Å². The summed E-state index contributed by atoms with van der Waals surface area (Å²) in [5.41, 5.74) is 0.915. The average Bonchev–Trinajstić information content (AvgIpc) is 2.22. The highest BCUT2D eigenvalue weighted by atomic mass is 35.5. The highest BCUT2D eigenvalue weighted by Crippen LogP contribution is 2.18. The molecular weight excluding hydrogens is 245 g/mol. The zero-order chi connectivity index (χ0) is 12.1. The van der Waals surface area contributed by atoms with Crippen molar-refractivity contribution in [2.75, 3.05) is 13.6 Å². The zero-order valence-electron chi connectivity index (χ0n) is 9.24. The maximum Gasteiger partial charge on any atom is 0.135 e. The van der Waals surface area contributed by atoms with E-state index in [1.165, 1.54) is 0 Å². The van der Waals surface area contributed by atoms with E-state index in [0.717, 1.165) is 5.56 Å². The molecule has 0 saturated heterocycles. The predicted molar refractivity (Wildman–Crippen MR) is 65.4 cm³/mol. The lowest BCUT2D eigenvalue weighted by molar-refractivity contribution is 0.303. The van der Waals surface area contributed by atoms with Crippen molar-refractivity contribution in [2.24, 2.45) is 5.92 Å². The zero-order valence-corrected chi connectivity index (χ0v) is 10.8. The van der Waals surface area contributed by atoms with Crippen LogP contribution in [0.1, 0.15) is 12.5 Å². The fourth-order valence-corrected chi connectivity index (χ4v) is 1.83. The number of hydrogen-bond donors (Lipinski definition) is 0. The number of nitrogens with zero attached hydrogens (tertiary/aromatic N) is 3. The molecule has 5 heteroatoms. The molecule has 16 heavy (non-hydrogen) atoms. The Morgan fingerprint density at radius 3 is 2.75 bits per heavy atom. The minimum Gasteiger partial charge on any atom is -0.301 e. The van der Waals surface area contributed by atoms with Gasteiger partial charge in [-0.15, -0.1) is 0 Å². The van der Waals surface area contributed by atoms with Gasteiger partial charge in [0.25, 0.3) is 0 Å². The van der Waals surface area contributed by atoms with Crippen LogP contribution in [0.2, 0.25) is 10.3 Å². The van der Waals surface area contributed by atoms with E-state index in [9.17, 15) is 0 Å². The van der Waals surface area contributed by atoms with E-state index in [1.54, 1.807) is 6.07 Å². The molecule has 1 heterocycles. The van der Waals surface area contributed by atoms with Crippen molar-refractivity contribution in [3.05, 3.63) is 28.0 Å². The number of nitriles is 1. The smallest absolute Gasteiger partial charge is 0.135 e. The molecule has 0 spiro atoms. The van der Waals surface area contributed by atoms with Gasteiger partial charge in [0.05, 0.1) is 12.0 Å². The lowest BCUT2D eigenvalue weighted by Gasteiger charge is -2.18. The van der Waals surface area contributed by atoms with Crippen LogP contribution in [0.25, 0.3) is 0 Å². The first-order valence-electron chi connectivity index (χ1n) is 4.92. The first-order chi connectivity index (χ1) is 7.52. The second-order valence-corrected chi connectivity index (χ2v) is 4.56. The Labute approximate surface area is 106 Å². The monoisotopic (exact) mass is 257 g/mol. The highest BCUT2D eigenvalue weighted by Gasteiger charge is 2.09. The van der Waals surface area contributed by atoms with E-state index in [1.807, 2.05) is 24.9 Å². The molecule has 0 amide bonds. The molecule has 0 fully saturated rings. The van der Waals surface area contributed by atoms with Gasteiger partial charge in [0.2, 0.25) is 0 Å². The summed E-state index contributed by atoms with van der Waals surface area (Å²) in [6.45, 7) is 3.25. The Balaban J connectivity index is 2.63. The van der Waals surface area contributed by atoms with Crippen molar-refractivity contribution in [3.8, 4) is 6.07 Å². The second kappa shape index (κ2) is 6.05. The Kier molecular flexibility index (Phi) is 5.01. The van der Waals surface area contributed by atoms with Gasteiger partial charge < -0.3 is 4.90 Å². The molecule has 0 aliphatic rings. The second-order valence-electron chi connectivity index (χ2n) is 3.81. The fourth-order valence-electron chi connectivity index (χ4n) is 1.42. The first-order valence-corrected chi connectivity index (χ1v) is 5.67. The van der Waals surface area contributed by atoms with E-state index >= 15 is 0 Å². The van der Waals surface area contributed by atoms with Gasteiger partial charge in [-0.3, -0.25) is 0 Å². The van der Waals surface area contributed by atoms with E-state index in [4.69, 9.17) is 28.5 Å². The van der Waals surface area contributed by atoms with Crippen LogP contribution in [0.3, 0.4) is 0 Å². The van der Waals surface area contributed by atoms with Gasteiger partial charge in [-0.25, -0.2) is 4.98 Å². The third-order valence-corrected chi connectivity index (χ3v) is 2.68. The molecule has 1 aromatic heterocycles. The van der Waals surface area contributed by atoms with Crippen molar-refractivity contribution in [2.45, 2.75) is 13.5 Å². The van der Waals surface area contributed by atoms with Crippen molar-refractivity contribution >= 4 is 23.2 Å². The van der Waals surface area contributed by atoms with Crippen LogP contribution in [0.15, 0.2) is 12.1 Å². The Morgan fingerprint density at radius 1 is 1.50 bits per heavy atom. The number of rotatable bonds is 4. The van der Waals surface area contributed by atoms with Crippen LogP contribution >= 0.6 is 23.2 Å². The summed E-state index contributed by atoms with van der Waals surface area (Å²) >= 11 is 11.7. The summed E-state index contributed by atoms with van der Waals surface area (Å²) in [5, 5.41) is 9.52. The SMILES string of the molecule is CC(C#N)CN(C)Cc1ccc(Cl)nc1Cl. The third kappa shape index (κ3) is 3.97. The van der Waals surface area contributed by atoms with Crippen LogP contribution in [-0.2, 0) is 6.54 Å². The fraction of sp³-hybridized carbons (Fsp3) is 0.455. The van der Waals surface area contributed by atoms with E-state index in [-0.39, 0.29) is 5.92 Å². The number of halogens is 2. The van der Waals surface area contributed by atoms with E-state index in [2.05, 4.69) is 11.1 Å². The van der Waals surface area contributed by atoms with Gasteiger partial charge >= 0.3 is 0 Å². The normalized spacial score (nSPS) is 12.5.